The van der Waals surface area contributed by atoms with Gasteiger partial charge >= 0.3 is 5.97 Å². The number of pyridine rings is 1. The number of carbonyl (C=O) groups is 2. The van der Waals surface area contributed by atoms with Crippen molar-refractivity contribution in [2.75, 3.05) is 18.4 Å². The van der Waals surface area contributed by atoms with Crippen molar-refractivity contribution >= 4 is 17.7 Å². The number of nitrogens with one attached hydrogen (secondary N) is 2. The fourth-order valence-corrected chi connectivity index (χ4v) is 6.13. The van der Waals surface area contributed by atoms with Crippen LogP contribution < -0.4 is 10.6 Å². The molecule has 0 aliphatic heterocycles. The lowest BCUT2D eigenvalue weighted by molar-refractivity contribution is -0.194. The predicted octanol–water partition coefficient (Wildman–Crippen LogP) is 5.29. The lowest BCUT2D eigenvalue weighted by Gasteiger charge is -2.52. The third-order valence-corrected chi connectivity index (χ3v) is 8.32. The average molecular weight is 515 g/mol. The zero-order valence-electron chi connectivity index (χ0n) is 22.2. The molecule has 3 atom stereocenters. The molecule has 2 aliphatic rings. The van der Waals surface area contributed by atoms with E-state index in [0.29, 0.717) is 17.9 Å². The molecule has 0 bridgehead atoms. The van der Waals surface area contributed by atoms with Crippen LogP contribution in [0, 0.1) is 23.2 Å². The third-order valence-electron chi connectivity index (χ3n) is 8.32. The predicted molar refractivity (Wildman–Crippen MR) is 147 cm³/mol. The Morgan fingerprint density at radius 1 is 1.16 bits per heavy atom. The van der Waals surface area contributed by atoms with E-state index in [2.05, 4.69) is 34.3 Å². The van der Waals surface area contributed by atoms with Crippen LogP contribution in [0.5, 0.6) is 0 Å². The summed E-state index contributed by atoms with van der Waals surface area (Å²) in [4.78, 5) is 30.3. The largest absolute Gasteiger partial charge is 0.458 e. The topological polar surface area (TPSA) is 104 Å². The number of ether oxygens (including phenoxy) is 1. The van der Waals surface area contributed by atoms with Gasteiger partial charge in [-0.05, 0) is 62.8 Å². The third kappa shape index (κ3) is 6.14. The zero-order valence-corrected chi connectivity index (χ0v) is 22.2. The number of hydrogen-bond acceptors (Lipinski definition) is 6. The van der Waals surface area contributed by atoms with Gasteiger partial charge in [0.15, 0.2) is 0 Å². The van der Waals surface area contributed by atoms with Gasteiger partial charge < -0.3 is 15.4 Å². The minimum Gasteiger partial charge on any atom is -0.458 e. The lowest BCUT2D eigenvalue weighted by atomic mass is 9.60. The number of rotatable bonds is 10. The highest BCUT2D eigenvalue weighted by Crippen LogP contribution is 2.51. The highest BCUT2D eigenvalue weighted by Gasteiger charge is 2.54. The van der Waals surface area contributed by atoms with Crippen LogP contribution in [0.15, 0.2) is 61.3 Å². The molecule has 2 unspecified atom stereocenters. The normalized spacial score (nSPS) is 24.2. The van der Waals surface area contributed by atoms with Gasteiger partial charge in [0.2, 0.25) is 5.91 Å². The molecule has 2 aromatic rings. The Bertz CT molecular complexity index is 1150. The highest BCUT2D eigenvalue weighted by atomic mass is 16.6. The van der Waals surface area contributed by atoms with Crippen LogP contribution in [0.4, 0.5) is 5.82 Å². The molecule has 38 heavy (non-hydrogen) atoms. The quantitative estimate of drug-likeness (QED) is 0.193. The number of esters is 1. The standard InChI is InChI=1S/C31H38N4O3/c1-3-24-19-30(2,26(24)15-18-33-22-28(36)35-27-14-13-23(20-32)21-34-27)38-29(37)31(16-9-4-5-10-17-31)25-11-7-6-8-12-25/h3,6-8,11-14,21,24,26,33H,1,4-5,9-10,15-19,22H2,2H3,(H,34,35,36)/t24?,26?,30-/m0/s1. The fourth-order valence-electron chi connectivity index (χ4n) is 6.13. The van der Waals surface area contributed by atoms with Gasteiger partial charge in [-0.1, -0.05) is 62.1 Å². The summed E-state index contributed by atoms with van der Waals surface area (Å²) in [6.45, 7) is 6.81. The molecule has 2 saturated carbocycles. The molecule has 0 saturated heterocycles. The van der Waals surface area contributed by atoms with Gasteiger partial charge in [0.1, 0.15) is 17.5 Å². The van der Waals surface area contributed by atoms with E-state index in [1.165, 1.54) is 6.20 Å². The molecular weight excluding hydrogens is 476 g/mol. The first-order valence-corrected chi connectivity index (χ1v) is 13.7. The Hall–Kier alpha value is -3.50. The first-order valence-electron chi connectivity index (χ1n) is 13.7. The van der Waals surface area contributed by atoms with Gasteiger partial charge in [-0.3, -0.25) is 9.59 Å². The number of anilines is 1. The number of nitriles is 1. The Morgan fingerprint density at radius 3 is 2.53 bits per heavy atom. The van der Waals surface area contributed by atoms with E-state index >= 15 is 0 Å². The van der Waals surface area contributed by atoms with E-state index in [-0.39, 0.29) is 30.3 Å². The second kappa shape index (κ2) is 12.4. The summed E-state index contributed by atoms with van der Waals surface area (Å²) in [5.41, 5.74) is 0.368. The number of benzene rings is 1. The lowest BCUT2D eigenvalue weighted by Crippen LogP contribution is -2.57. The van der Waals surface area contributed by atoms with E-state index in [9.17, 15) is 9.59 Å². The van der Waals surface area contributed by atoms with Crippen molar-refractivity contribution in [3.8, 4) is 6.07 Å². The van der Waals surface area contributed by atoms with Gasteiger partial charge in [0.05, 0.1) is 17.5 Å². The molecule has 7 heteroatoms. The molecule has 1 aromatic carbocycles. The summed E-state index contributed by atoms with van der Waals surface area (Å²) in [6.07, 6.45) is 10.9. The second-order valence-electron chi connectivity index (χ2n) is 10.8. The van der Waals surface area contributed by atoms with E-state index in [0.717, 1.165) is 56.9 Å². The Balaban J connectivity index is 1.34. The minimum atomic E-state index is -0.583. The number of aromatic nitrogens is 1. The van der Waals surface area contributed by atoms with Crippen LogP contribution >= 0.6 is 0 Å². The summed E-state index contributed by atoms with van der Waals surface area (Å²) in [6, 6.07) is 15.4. The van der Waals surface area contributed by atoms with Gasteiger partial charge in [0, 0.05) is 12.1 Å². The van der Waals surface area contributed by atoms with Gasteiger partial charge in [-0.25, -0.2) is 4.98 Å². The highest BCUT2D eigenvalue weighted by molar-refractivity contribution is 5.91. The molecule has 1 aromatic heterocycles. The van der Waals surface area contributed by atoms with E-state index in [4.69, 9.17) is 10.00 Å². The average Bonchev–Trinajstić information content (AvgIpc) is 3.20. The maximum absolute atomic E-state index is 13.9. The maximum Gasteiger partial charge on any atom is 0.317 e. The van der Waals surface area contributed by atoms with Crippen LogP contribution in [0.25, 0.3) is 0 Å². The van der Waals surface area contributed by atoms with Crippen LogP contribution in [0.2, 0.25) is 0 Å². The molecule has 0 spiro atoms. The van der Waals surface area contributed by atoms with Gasteiger partial charge in [-0.2, -0.15) is 5.26 Å². The number of allylic oxidation sites excluding steroid dienone is 1. The summed E-state index contributed by atoms with van der Waals surface area (Å²) < 4.78 is 6.42. The van der Waals surface area contributed by atoms with Crippen molar-refractivity contribution in [3.05, 3.63) is 72.4 Å². The summed E-state index contributed by atoms with van der Waals surface area (Å²) in [5.74, 6) is 0.518. The van der Waals surface area contributed by atoms with Crippen LogP contribution in [0.1, 0.15) is 69.4 Å². The van der Waals surface area contributed by atoms with Crippen molar-refractivity contribution in [1.29, 1.82) is 5.26 Å². The molecule has 2 N–H and O–H groups in total. The molecule has 0 radical (unpaired) electrons. The van der Waals surface area contributed by atoms with Crippen molar-refractivity contribution in [2.24, 2.45) is 11.8 Å². The second-order valence-corrected chi connectivity index (χ2v) is 10.8. The minimum absolute atomic E-state index is 0.0946. The number of carbonyl (C=O) groups excluding carboxylic acids is 2. The Labute approximate surface area is 225 Å². The zero-order chi connectivity index (χ0) is 27.0. The van der Waals surface area contributed by atoms with Crippen molar-refractivity contribution in [2.45, 2.75) is 69.3 Å². The SMILES string of the molecule is C=CC1C[C@](C)(OC(=O)C2(c3ccccc3)CCCCCC2)C1CCNCC(=O)Nc1ccc(C#N)cn1. The monoisotopic (exact) mass is 514 g/mol. The van der Waals surface area contributed by atoms with E-state index in [1.807, 2.05) is 37.3 Å². The molecule has 1 amide bonds. The number of amides is 1. The number of nitrogens with zero attached hydrogens (tertiary/aromatic N) is 2. The smallest absolute Gasteiger partial charge is 0.317 e. The molecular formula is C31H38N4O3. The van der Waals surface area contributed by atoms with Gasteiger partial charge in [0.25, 0.3) is 0 Å². The molecule has 200 valence electrons. The Kier molecular flexibility index (Phi) is 8.96. The molecule has 2 aliphatic carbocycles. The van der Waals surface area contributed by atoms with Crippen molar-refractivity contribution in [3.63, 3.8) is 0 Å². The first kappa shape index (κ1) is 27.5. The van der Waals surface area contributed by atoms with Crippen molar-refractivity contribution in [1.82, 2.24) is 10.3 Å². The van der Waals surface area contributed by atoms with Crippen LogP contribution in [-0.4, -0.2) is 35.6 Å². The summed E-state index contributed by atoms with van der Waals surface area (Å²) >= 11 is 0. The fraction of sp³-hybridized carbons (Fsp3) is 0.484. The summed E-state index contributed by atoms with van der Waals surface area (Å²) in [5, 5.41) is 14.8. The molecule has 1 heterocycles. The number of hydrogen-bond donors (Lipinski definition) is 2. The van der Waals surface area contributed by atoms with Crippen molar-refractivity contribution < 1.29 is 14.3 Å². The first-order chi connectivity index (χ1) is 18.4. The summed E-state index contributed by atoms with van der Waals surface area (Å²) in [7, 11) is 0. The molecule has 4 rings (SSSR count). The van der Waals surface area contributed by atoms with Gasteiger partial charge in [-0.15, -0.1) is 6.58 Å². The Morgan fingerprint density at radius 2 is 1.89 bits per heavy atom. The maximum atomic E-state index is 13.9. The van der Waals surface area contributed by atoms with E-state index in [1.54, 1.807) is 12.1 Å². The molecule has 7 nitrogen and oxygen atoms in total. The van der Waals surface area contributed by atoms with Crippen LogP contribution in [-0.2, 0) is 19.7 Å². The molecule has 2 fully saturated rings. The van der Waals surface area contributed by atoms with Crippen LogP contribution in [0.3, 0.4) is 0 Å². The van der Waals surface area contributed by atoms with E-state index < -0.39 is 11.0 Å².